The second-order valence-electron chi connectivity index (χ2n) is 4.53. The van der Waals surface area contributed by atoms with Gasteiger partial charge in [0.2, 0.25) is 0 Å². The van der Waals surface area contributed by atoms with E-state index in [0.29, 0.717) is 19.8 Å². The number of carbonyl (C=O) groups is 1. The van der Waals surface area contributed by atoms with Crippen molar-refractivity contribution in [2.75, 3.05) is 13.2 Å². The number of hydrogen-bond acceptors (Lipinski definition) is 4. The molecule has 104 valence electrons. The van der Waals surface area contributed by atoms with Gasteiger partial charge in [0, 0.05) is 12.7 Å². The Kier molecular flexibility index (Phi) is 3.28. The molecule has 20 heavy (non-hydrogen) atoms. The van der Waals surface area contributed by atoms with E-state index in [4.69, 9.17) is 14.6 Å². The number of aryl methyl sites for hydroxylation is 2. The van der Waals surface area contributed by atoms with E-state index in [-0.39, 0.29) is 5.56 Å². The van der Waals surface area contributed by atoms with Crippen LogP contribution in [0.15, 0.2) is 30.6 Å². The number of carboxylic acid groups (broad SMARTS) is 1. The highest BCUT2D eigenvalue weighted by Crippen LogP contribution is 2.30. The van der Waals surface area contributed by atoms with Crippen molar-refractivity contribution in [3.63, 3.8) is 0 Å². The molecule has 0 spiro atoms. The van der Waals surface area contributed by atoms with Gasteiger partial charge in [0.15, 0.2) is 11.5 Å². The van der Waals surface area contributed by atoms with Crippen LogP contribution in [0, 0.1) is 0 Å². The molecule has 6 nitrogen and oxygen atoms in total. The number of nitrogens with zero attached hydrogens (tertiary/aromatic N) is 2. The van der Waals surface area contributed by atoms with Crippen molar-refractivity contribution in [2.45, 2.75) is 13.0 Å². The molecule has 0 fully saturated rings. The molecule has 0 unspecified atom stereocenters. The molecule has 1 aliphatic rings. The molecule has 0 aliphatic carbocycles. The molecule has 2 heterocycles. The van der Waals surface area contributed by atoms with E-state index in [1.165, 1.54) is 12.4 Å². The Hall–Kier alpha value is -2.50. The van der Waals surface area contributed by atoms with Gasteiger partial charge in [0.1, 0.15) is 13.2 Å². The van der Waals surface area contributed by atoms with Crippen LogP contribution < -0.4 is 9.47 Å². The first-order chi connectivity index (χ1) is 9.72. The lowest BCUT2D eigenvalue weighted by molar-refractivity contribution is 0.0697. The van der Waals surface area contributed by atoms with Crippen LogP contribution in [-0.2, 0) is 13.0 Å². The second kappa shape index (κ2) is 5.24. The van der Waals surface area contributed by atoms with E-state index in [1.54, 1.807) is 4.68 Å². The first-order valence-electron chi connectivity index (χ1n) is 6.36. The van der Waals surface area contributed by atoms with Crippen molar-refractivity contribution in [1.29, 1.82) is 0 Å². The molecule has 0 atom stereocenters. The first kappa shape index (κ1) is 12.5. The molecule has 6 heteroatoms. The smallest absolute Gasteiger partial charge is 0.338 e. The van der Waals surface area contributed by atoms with Crippen LogP contribution in [0.3, 0.4) is 0 Å². The summed E-state index contributed by atoms with van der Waals surface area (Å²) in [5.74, 6) is 0.572. The van der Waals surface area contributed by atoms with Gasteiger partial charge in [0.05, 0.1) is 11.8 Å². The predicted octanol–water partition coefficient (Wildman–Crippen LogP) is 1.60. The largest absolute Gasteiger partial charge is 0.486 e. The van der Waals surface area contributed by atoms with Gasteiger partial charge < -0.3 is 14.6 Å². The molecule has 1 aromatic heterocycles. The van der Waals surface area contributed by atoms with Gasteiger partial charge in [-0.25, -0.2) is 4.79 Å². The molecule has 2 aromatic rings. The number of aromatic carboxylic acids is 1. The quantitative estimate of drug-likeness (QED) is 0.916. The van der Waals surface area contributed by atoms with Gasteiger partial charge in [-0.2, -0.15) is 5.10 Å². The van der Waals surface area contributed by atoms with Gasteiger partial charge in [0.25, 0.3) is 0 Å². The first-order valence-corrected chi connectivity index (χ1v) is 6.36. The molecule has 0 amide bonds. The summed E-state index contributed by atoms with van der Waals surface area (Å²) in [6.07, 6.45) is 3.63. The summed E-state index contributed by atoms with van der Waals surface area (Å²) in [5.41, 5.74) is 1.30. The number of benzene rings is 1. The lowest BCUT2D eigenvalue weighted by Crippen LogP contribution is -2.15. The third-order valence-electron chi connectivity index (χ3n) is 3.12. The summed E-state index contributed by atoms with van der Waals surface area (Å²) >= 11 is 0. The van der Waals surface area contributed by atoms with Crippen LogP contribution in [0.25, 0.3) is 0 Å². The normalized spacial score (nSPS) is 13.2. The summed E-state index contributed by atoms with van der Waals surface area (Å²) in [6, 6.07) is 5.83. The molecule has 1 N–H and O–H groups in total. The van der Waals surface area contributed by atoms with E-state index in [2.05, 4.69) is 5.10 Å². The molecular formula is C14H14N2O4. The number of carboxylic acids is 1. The fraction of sp³-hybridized carbons (Fsp3) is 0.286. The molecule has 3 rings (SSSR count). The van der Waals surface area contributed by atoms with Crippen LogP contribution in [0.2, 0.25) is 0 Å². The predicted molar refractivity (Wildman–Crippen MR) is 70.3 cm³/mol. The van der Waals surface area contributed by atoms with Gasteiger partial charge in [-0.15, -0.1) is 0 Å². The molecule has 0 saturated carbocycles. The average Bonchev–Trinajstić information content (AvgIpc) is 2.94. The van der Waals surface area contributed by atoms with Crippen LogP contribution in [0.1, 0.15) is 15.9 Å². The van der Waals surface area contributed by atoms with Crippen LogP contribution in [0.4, 0.5) is 0 Å². The van der Waals surface area contributed by atoms with E-state index >= 15 is 0 Å². The molecule has 0 bridgehead atoms. The lowest BCUT2D eigenvalue weighted by Gasteiger charge is -2.18. The summed E-state index contributed by atoms with van der Waals surface area (Å²) in [7, 11) is 0. The summed E-state index contributed by atoms with van der Waals surface area (Å²) in [5, 5.41) is 12.9. The standard InChI is InChI=1S/C14H14N2O4/c17-14(18)11-8-15-16(9-11)4-3-10-1-2-12-13(7-10)20-6-5-19-12/h1-2,7-9H,3-6H2,(H,17,18). The zero-order chi connectivity index (χ0) is 13.9. The van der Waals surface area contributed by atoms with Crippen LogP contribution in [-0.4, -0.2) is 34.1 Å². The minimum absolute atomic E-state index is 0.201. The molecular weight excluding hydrogens is 260 g/mol. The Morgan fingerprint density at radius 1 is 1.30 bits per heavy atom. The fourth-order valence-electron chi connectivity index (χ4n) is 2.08. The minimum Gasteiger partial charge on any atom is -0.486 e. The Labute approximate surface area is 115 Å². The summed E-state index contributed by atoms with van der Waals surface area (Å²) < 4.78 is 12.6. The zero-order valence-corrected chi connectivity index (χ0v) is 10.8. The number of rotatable bonds is 4. The summed E-state index contributed by atoms with van der Waals surface area (Å²) in [4.78, 5) is 10.8. The minimum atomic E-state index is -0.962. The van der Waals surface area contributed by atoms with Crippen molar-refractivity contribution in [3.05, 3.63) is 41.7 Å². The molecule has 0 saturated heterocycles. The van der Waals surface area contributed by atoms with Crippen molar-refractivity contribution in [2.24, 2.45) is 0 Å². The maximum absolute atomic E-state index is 10.8. The number of ether oxygens (including phenoxy) is 2. The monoisotopic (exact) mass is 274 g/mol. The zero-order valence-electron chi connectivity index (χ0n) is 10.8. The van der Waals surface area contributed by atoms with Crippen molar-refractivity contribution in [3.8, 4) is 11.5 Å². The van der Waals surface area contributed by atoms with Gasteiger partial charge in [-0.05, 0) is 24.1 Å². The fourth-order valence-corrected chi connectivity index (χ4v) is 2.08. The van der Waals surface area contributed by atoms with E-state index in [9.17, 15) is 4.79 Å². The number of aromatic nitrogens is 2. The highest BCUT2D eigenvalue weighted by molar-refractivity contribution is 5.86. The Bertz CT molecular complexity index is 636. The molecule has 1 aromatic carbocycles. The Balaban J connectivity index is 1.67. The maximum Gasteiger partial charge on any atom is 0.338 e. The van der Waals surface area contributed by atoms with Crippen molar-refractivity contribution < 1.29 is 19.4 Å². The lowest BCUT2D eigenvalue weighted by atomic mass is 10.1. The third-order valence-corrected chi connectivity index (χ3v) is 3.12. The average molecular weight is 274 g/mol. The topological polar surface area (TPSA) is 73.6 Å². The highest BCUT2D eigenvalue weighted by atomic mass is 16.6. The summed E-state index contributed by atoms with van der Waals surface area (Å²) in [6.45, 7) is 1.77. The molecule has 0 radical (unpaired) electrons. The van der Waals surface area contributed by atoms with Gasteiger partial charge >= 0.3 is 5.97 Å². The van der Waals surface area contributed by atoms with E-state index in [1.807, 2.05) is 18.2 Å². The second-order valence-corrected chi connectivity index (χ2v) is 4.53. The highest BCUT2D eigenvalue weighted by Gasteiger charge is 2.12. The van der Waals surface area contributed by atoms with Crippen molar-refractivity contribution in [1.82, 2.24) is 9.78 Å². The maximum atomic E-state index is 10.8. The Morgan fingerprint density at radius 3 is 2.85 bits per heavy atom. The van der Waals surface area contributed by atoms with Gasteiger partial charge in [-0.1, -0.05) is 6.07 Å². The Morgan fingerprint density at radius 2 is 2.10 bits per heavy atom. The van der Waals surface area contributed by atoms with Gasteiger partial charge in [-0.3, -0.25) is 4.68 Å². The number of fused-ring (bicyclic) bond motifs is 1. The van der Waals surface area contributed by atoms with E-state index < -0.39 is 5.97 Å². The van der Waals surface area contributed by atoms with Crippen LogP contribution in [0.5, 0.6) is 11.5 Å². The molecule has 1 aliphatic heterocycles. The third kappa shape index (κ3) is 2.59. The van der Waals surface area contributed by atoms with Crippen LogP contribution >= 0.6 is 0 Å². The van der Waals surface area contributed by atoms with E-state index in [0.717, 1.165) is 23.5 Å². The van der Waals surface area contributed by atoms with Crippen molar-refractivity contribution >= 4 is 5.97 Å². The SMILES string of the molecule is O=C(O)c1cnn(CCc2ccc3c(c2)OCCO3)c1. The number of hydrogen-bond donors (Lipinski definition) is 1.